The van der Waals surface area contributed by atoms with Crippen molar-refractivity contribution < 1.29 is 81.8 Å². The number of carbonyl (C=O) groups excluding carboxylic acids is 8. The number of carboxylic acid groups (broad SMARTS) is 2. The van der Waals surface area contributed by atoms with E-state index in [9.17, 15) is 53.1 Å². The number of benzene rings is 1. The molecule has 0 saturated heterocycles. The minimum Gasteiger partial charge on any atom is -0.494 e. The maximum Gasteiger partial charge on any atom is 0.335 e. The number of rotatable bonds is 55. The third-order valence-electron chi connectivity index (χ3n) is 14.0. The predicted molar refractivity (Wildman–Crippen MR) is 316 cm³/mol. The van der Waals surface area contributed by atoms with Gasteiger partial charge in [-0.1, -0.05) is 58.3 Å². The average Bonchev–Trinajstić information content (AvgIpc) is 4.10. The molecule has 0 aliphatic rings. The van der Waals surface area contributed by atoms with E-state index in [1.807, 2.05) is 0 Å². The number of aromatic amines is 1. The molecule has 85 heavy (non-hydrogen) atoms. The summed E-state index contributed by atoms with van der Waals surface area (Å²) in [5.74, 6) is -4.49. The zero-order valence-corrected chi connectivity index (χ0v) is 50.5. The van der Waals surface area contributed by atoms with Crippen LogP contribution in [-0.4, -0.2) is 170 Å². The van der Waals surface area contributed by atoms with Gasteiger partial charge in [0.15, 0.2) is 11.6 Å². The van der Waals surface area contributed by atoms with Crippen LogP contribution in [0.4, 0.5) is 0 Å². The molecule has 1 aromatic carbocycles. The van der Waals surface area contributed by atoms with Gasteiger partial charge in [-0.25, -0.2) is 9.78 Å². The van der Waals surface area contributed by atoms with Crippen LogP contribution in [0.3, 0.4) is 0 Å². The van der Waals surface area contributed by atoms with E-state index >= 15 is 0 Å². The number of imidazole rings is 1. The second-order valence-electron chi connectivity index (χ2n) is 21.7. The van der Waals surface area contributed by atoms with Crippen molar-refractivity contribution in [3.05, 3.63) is 48.0 Å². The molecule has 0 unspecified atom stereocenters. The maximum absolute atomic E-state index is 13.2. The molecule has 0 aliphatic carbocycles. The normalized spacial score (nSPS) is 12.4. The number of aliphatic carboxylic acids is 1. The van der Waals surface area contributed by atoms with Gasteiger partial charge in [-0.3, -0.25) is 43.2 Å². The Bertz CT molecular complexity index is 2280. The first kappa shape index (κ1) is 74.6. The zero-order chi connectivity index (χ0) is 62.5. The molecule has 1 heterocycles. The third-order valence-corrected chi connectivity index (χ3v) is 14.0. The number of unbranched alkanes of at least 4 members (excludes halogenated alkanes) is 9. The summed E-state index contributed by atoms with van der Waals surface area (Å²) in [4.78, 5) is 130. The van der Waals surface area contributed by atoms with Crippen molar-refractivity contribution in [2.24, 2.45) is 17.6 Å². The van der Waals surface area contributed by atoms with Crippen LogP contribution in [0.1, 0.15) is 178 Å². The van der Waals surface area contributed by atoms with Crippen molar-refractivity contribution in [2.45, 2.75) is 180 Å². The summed E-state index contributed by atoms with van der Waals surface area (Å²) < 4.78 is 27.4. The van der Waals surface area contributed by atoms with Crippen LogP contribution in [0.15, 0.2) is 36.8 Å². The maximum atomic E-state index is 13.2. The minimum atomic E-state index is -1.13. The van der Waals surface area contributed by atoms with E-state index in [1.165, 1.54) is 18.5 Å². The standard InChI is InChI=1S/C61H97N7O17/c1-4-53(71)46(40-54(72)61(2,3)68-56(74)28-24-48-41-63-44-67-48)17-14-15-29-64-57(75)43-84-38-36-82-34-31-66-58(76)52(62)20-13-10-12-19-50(70)42-83-37-35-81-33-30-65-55(73)27-23-47(60(79)80)39-49(69)18-11-8-6-5-7-9-16-32-85-51-25-21-45(22-26-51)59(77)78/h21-22,25-26,41,44,46-47,52H,4-20,23-24,27-40,42-43,62H2,1-3H3,(H,63,67)(H,64,75)(H,65,73)(H,66,76)(H,68,74)(H,77,78)(H,79,80)/t46-,47+,52-/m0/s1. The van der Waals surface area contributed by atoms with Crippen molar-refractivity contribution in [1.29, 1.82) is 0 Å². The molecule has 24 nitrogen and oxygen atoms in total. The number of carboxylic acids is 2. The van der Waals surface area contributed by atoms with Gasteiger partial charge in [0.25, 0.3) is 0 Å². The molecule has 0 aliphatic heterocycles. The molecule has 0 spiro atoms. The molecule has 2 rings (SSSR count). The number of nitrogens with two attached hydrogens (primary N) is 1. The van der Waals surface area contributed by atoms with Gasteiger partial charge in [-0.15, -0.1) is 0 Å². The Kier molecular flexibility index (Phi) is 40.2. The van der Waals surface area contributed by atoms with Crippen LogP contribution in [-0.2, 0) is 68.5 Å². The Hall–Kier alpha value is -6.47. The molecule has 0 bridgehead atoms. The molecule has 24 heteroatoms. The number of aromatic carboxylic acids is 1. The molecular weight excluding hydrogens is 1100 g/mol. The fourth-order valence-corrected chi connectivity index (χ4v) is 8.86. The number of amides is 4. The molecule has 3 atom stereocenters. The van der Waals surface area contributed by atoms with Crippen molar-refractivity contribution in [2.75, 3.05) is 79.1 Å². The first-order valence-electron chi connectivity index (χ1n) is 30.2. The Balaban J connectivity index is 1.37. The monoisotopic (exact) mass is 1200 g/mol. The number of ketones is 4. The number of nitrogens with zero attached hydrogens (tertiary/aromatic N) is 1. The largest absolute Gasteiger partial charge is 0.494 e. The quantitative estimate of drug-likeness (QED) is 0.0376. The third kappa shape index (κ3) is 37.5. The second-order valence-corrected chi connectivity index (χ2v) is 21.7. The summed E-state index contributed by atoms with van der Waals surface area (Å²) in [6.45, 7) is 7.40. The number of nitrogens with one attached hydrogen (secondary N) is 5. The van der Waals surface area contributed by atoms with Gasteiger partial charge in [0.05, 0.1) is 75.6 Å². The summed E-state index contributed by atoms with van der Waals surface area (Å²) in [5.41, 5.74) is 5.94. The number of aryl methyl sites for hydroxylation is 1. The first-order valence-corrected chi connectivity index (χ1v) is 30.2. The van der Waals surface area contributed by atoms with Crippen molar-refractivity contribution in [3.63, 3.8) is 0 Å². The Morgan fingerprint density at radius 1 is 0.588 bits per heavy atom. The molecular formula is C61H97N7O17. The molecule has 0 fully saturated rings. The average molecular weight is 1200 g/mol. The van der Waals surface area contributed by atoms with E-state index in [4.69, 9.17) is 34.5 Å². The lowest BCUT2D eigenvalue weighted by Gasteiger charge is -2.27. The van der Waals surface area contributed by atoms with Gasteiger partial charge in [-0.05, 0) is 89.5 Å². The molecule has 9 N–H and O–H groups in total. The number of hydrogen-bond donors (Lipinski definition) is 8. The number of carbonyl (C=O) groups is 10. The van der Waals surface area contributed by atoms with Gasteiger partial charge in [0.2, 0.25) is 23.6 Å². The molecule has 1 aromatic heterocycles. The predicted octanol–water partition coefficient (Wildman–Crippen LogP) is 5.56. The van der Waals surface area contributed by atoms with Crippen LogP contribution >= 0.6 is 0 Å². The van der Waals surface area contributed by atoms with Gasteiger partial charge in [0, 0.05) is 82.4 Å². The van der Waals surface area contributed by atoms with E-state index < -0.39 is 35.4 Å². The lowest BCUT2D eigenvalue weighted by atomic mass is 9.85. The number of hydrogen-bond acceptors (Lipinski definition) is 17. The van der Waals surface area contributed by atoms with E-state index in [-0.39, 0.29) is 150 Å². The van der Waals surface area contributed by atoms with E-state index in [0.717, 1.165) is 44.2 Å². The van der Waals surface area contributed by atoms with Gasteiger partial charge < -0.3 is 65.9 Å². The smallest absolute Gasteiger partial charge is 0.335 e. The van der Waals surface area contributed by atoms with Crippen LogP contribution in [0.5, 0.6) is 5.75 Å². The second kappa shape index (κ2) is 45.8. The van der Waals surface area contributed by atoms with E-state index in [2.05, 4.69) is 31.2 Å². The molecule has 2 aromatic rings. The lowest BCUT2D eigenvalue weighted by Crippen LogP contribution is -2.50. The number of aromatic nitrogens is 2. The SMILES string of the molecule is CCC(=O)[C@@H](CCCCNC(=O)COCCOCCNC(=O)[C@@H](N)CCCCCC(=O)COCCOCCNC(=O)CC[C@H](CC(=O)CCCCCCCCCOc1ccc(C(=O)O)cc1)C(=O)O)CC(=O)C(C)(C)NC(=O)CCc1cnc[nH]1. The van der Waals surface area contributed by atoms with E-state index in [1.54, 1.807) is 39.1 Å². The first-order chi connectivity index (χ1) is 40.8. The van der Waals surface area contributed by atoms with Crippen LogP contribution in [0.25, 0.3) is 0 Å². The topological polar surface area (TPSA) is 360 Å². The summed E-state index contributed by atoms with van der Waals surface area (Å²) in [7, 11) is 0. The molecule has 0 radical (unpaired) electrons. The minimum absolute atomic E-state index is 0.0184. The Labute approximate surface area is 500 Å². The molecule has 0 saturated carbocycles. The summed E-state index contributed by atoms with van der Waals surface area (Å²) in [6.07, 6.45) is 15.3. The van der Waals surface area contributed by atoms with Crippen LogP contribution in [0, 0.1) is 11.8 Å². The summed E-state index contributed by atoms with van der Waals surface area (Å²) >= 11 is 0. The number of Topliss-reactive ketones (excluding diaryl/α,β-unsaturated/α-hetero) is 4. The zero-order valence-electron chi connectivity index (χ0n) is 50.5. The summed E-state index contributed by atoms with van der Waals surface area (Å²) in [5, 5.41) is 29.6. The summed E-state index contributed by atoms with van der Waals surface area (Å²) in [6, 6.07) is 5.60. The Morgan fingerprint density at radius 2 is 1.19 bits per heavy atom. The van der Waals surface area contributed by atoms with Gasteiger partial charge in [-0.2, -0.15) is 0 Å². The fourth-order valence-electron chi connectivity index (χ4n) is 8.86. The van der Waals surface area contributed by atoms with Gasteiger partial charge in [0.1, 0.15) is 30.5 Å². The van der Waals surface area contributed by atoms with Crippen molar-refractivity contribution in [3.8, 4) is 5.75 Å². The Morgan fingerprint density at radius 3 is 1.84 bits per heavy atom. The van der Waals surface area contributed by atoms with Gasteiger partial charge >= 0.3 is 11.9 Å². The number of ether oxygens (including phenoxy) is 5. The highest BCUT2D eigenvalue weighted by molar-refractivity contribution is 5.95. The highest BCUT2D eigenvalue weighted by Crippen LogP contribution is 2.21. The highest BCUT2D eigenvalue weighted by Gasteiger charge is 2.32. The highest BCUT2D eigenvalue weighted by atomic mass is 16.5. The lowest BCUT2D eigenvalue weighted by molar-refractivity contribution is -0.144. The van der Waals surface area contributed by atoms with Crippen LogP contribution < -0.4 is 31.7 Å². The number of H-pyrrole nitrogens is 1. The molecule has 478 valence electrons. The molecule has 4 amide bonds. The van der Waals surface area contributed by atoms with Crippen LogP contribution in [0.2, 0.25) is 0 Å². The fraction of sp³-hybridized carbons (Fsp3) is 0.689. The van der Waals surface area contributed by atoms with E-state index in [0.29, 0.717) is 96.0 Å². The van der Waals surface area contributed by atoms with Crippen molar-refractivity contribution in [1.82, 2.24) is 31.2 Å². The van der Waals surface area contributed by atoms with Crippen molar-refractivity contribution >= 4 is 58.7 Å².